The van der Waals surface area contributed by atoms with Crippen LogP contribution < -0.4 is 0 Å². The normalized spacial score (nSPS) is 13.8. The third kappa shape index (κ3) is 4.74. The fraction of sp³-hybridized carbons (Fsp3) is 0.400. The Morgan fingerprint density at radius 3 is 2.41 bits per heavy atom. The van der Waals surface area contributed by atoms with Crippen molar-refractivity contribution in [3.05, 3.63) is 47.6 Å². The first-order chi connectivity index (χ1) is 7.99. The van der Waals surface area contributed by atoms with Crippen molar-refractivity contribution < 1.29 is 4.79 Å². The van der Waals surface area contributed by atoms with Crippen LogP contribution in [0.15, 0.2) is 47.6 Å². The maximum Gasteiger partial charge on any atom is 0.140 e. The van der Waals surface area contributed by atoms with Gasteiger partial charge in [0.1, 0.15) is 5.78 Å². The summed E-state index contributed by atoms with van der Waals surface area (Å²) in [5, 5.41) is 0. The molecule has 0 rings (SSSR count). The van der Waals surface area contributed by atoms with Crippen molar-refractivity contribution in [2.75, 3.05) is 0 Å². The van der Waals surface area contributed by atoms with Gasteiger partial charge in [0, 0.05) is 17.9 Å². The lowest BCUT2D eigenvalue weighted by Gasteiger charge is -2.18. The molecule has 1 atom stereocenters. The highest BCUT2D eigenvalue weighted by atomic mass is 35.5. The van der Waals surface area contributed by atoms with Crippen LogP contribution in [0.25, 0.3) is 0 Å². The van der Waals surface area contributed by atoms with Crippen molar-refractivity contribution in [3.8, 4) is 0 Å². The molecule has 1 nitrogen and oxygen atoms in total. The standard InChI is InChI=1S/C15H21ClO/c1-6-8-9-14(15(17)7-2)13(5)12(4)11(3)10-16/h6,8,10,14H,4-5,7,9H2,1-3H3/b8-6-,11-10+. The minimum atomic E-state index is -0.185. The summed E-state index contributed by atoms with van der Waals surface area (Å²) in [5.41, 5.74) is 3.85. The smallest absolute Gasteiger partial charge is 0.140 e. The maximum absolute atomic E-state index is 11.9. The molecule has 0 N–H and O–H groups in total. The van der Waals surface area contributed by atoms with Crippen LogP contribution in [-0.4, -0.2) is 5.78 Å². The van der Waals surface area contributed by atoms with Gasteiger partial charge in [-0.2, -0.15) is 0 Å². The molecule has 0 amide bonds. The molecule has 0 aliphatic rings. The minimum Gasteiger partial charge on any atom is -0.299 e. The van der Waals surface area contributed by atoms with Crippen molar-refractivity contribution >= 4 is 17.4 Å². The van der Waals surface area contributed by atoms with E-state index in [-0.39, 0.29) is 11.7 Å². The first-order valence-corrected chi connectivity index (χ1v) is 6.22. The summed E-state index contributed by atoms with van der Waals surface area (Å²) in [7, 11) is 0. The first kappa shape index (κ1) is 15.9. The van der Waals surface area contributed by atoms with Crippen molar-refractivity contribution in [2.24, 2.45) is 5.92 Å². The van der Waals surface area contributed by atoms with E-state index in [9.17, 15) is 4.79 Å². The molecule has 0 heterocycles. The van der Waals surface area contributed by atoms with Crippen LogP contribution in [0.4, 0.5) is 0 Å². The zero-order valence-corrected chi connectivity index (χ0v) is 11.7. The number of allylic oxidation sites excluding steroid dienone is 5. The average Bonchev–Trinajstić information content (AvgIpc) is 2.36. The predicted molar refractivity (Wildman–Crippen MR) is 76.1 cm³/mol. The van der Waals surface area contributed by atoms with Crippen LogP contribution >= 0.6 is 11.6 Å². The Balaban J connectivity index is 4.99. The predicted octanol–water partition coefficient (Wildman–Crippen LogP) is 4.80. The van der Waals surface area contributed by atoms with Gasteiger partial charge in [-0.15, -0.1) is 0 Å². The molecule has 94 valence electrons. The molecule has 17 heavy (non-hydrogen) atoms. The van der Waals surface area contributed by atoms with Gasteiger partial charge in [-0.05, 0) is 37.0 Å². The van der Waals surface area contributed by atoms with E-state index in [2.05, 4.69) is 13.2 Å². The zero-order valence-electron chi connectivity index (χ0n) is 10.9. The van der Waals surface area contributed by atoms with E-state index >= 15 is 0 Å². The number of hydrogen-bond acceptors (Lipinski definition) is 1. The molecular weight excluding hydrogens is 232 g/mol. The second-order valence-corrected chi connectivity index (χ2v) is 4.19. The van der Waals surface area contributed by atoms with Gasteiger partial charge in [-0.1, -0.05) is 43.8 Å². The molecule has 0 saturated heterocycles. The highest BCUT2D eigenvalue weighted by Gasteiger charge is 2.20. The molecule has 0 aliphatic heterocycles. The average molecular weight is 253 g/mol. The summed E-state index contributed by atoms with van der Waals surface area (Å²) >= 11 is 5.65. The Morgan fingerprint density at radius 1 is 1.41 bits per heavy atom. The second kappa shape index (κ2) is 8.08. The van der Waals surface area contributed by atoms with Gasteiger partial charge in [0.15, 0.2) is 0 Å². The summed E-state index contributed by atoms with van der Waals surface area (Å²) in [6.07, 6.45) is 5.11. The van der Waals surface area contributed by atoms with E-state index in [4.69, 9.17) is 11.6 Å². The molecule has 0 aliphatic carbocycles. The summed E-state index contributed by atoms with van der Waals surface area (Å²) in [6, 6.07) is 0. The Hall–Kier alpha value is -1.08. The monoisotopic (exact) mass is 252 g/mol. The molecule has 0 spiro atoms. The minimum absolute atomic E-state index is 0.185. The summed E-state index contributed by atoms with van der Waals surface area (Å²) in [5.74, 6) is 0.00638. The number of ketones is 1. The van der Waals surface area contributed by atoms with Crippen LogP contribution in [0, 0.1) is 5.92 Å². The topological polar surface area (TPSA) is 17.1 Å². The molecule has 1 unspecified atom stereocenters. The lowest BCUT2D eigenvalue weighted by Crippen LogP contribution is -2.16. The largest absolute Gasteiger partial charge is 0.299 e. The van der Waals surface area contributed by atoms with Crippen molar-refractivity contribution in [1.29, 1.82) is 0 Å². The molecule has 0 aromatic rings. The van der Waals surface area contributed by atoms with Gasteiger partial charge in [0.25, 0.3) is 0 Å². The number of hydrogen-bond donors (Lipinski definition) is 0. The maximum atomic E-state index is 11.9. The van der Waals surface area contributed by atoms with Crippen molar-refractivity contribution in [3.63, 3.8) is 0 Å². The third-order valence-corrected chi connectivity index (χ3v) is 3.12. The third-order valence-electron chi connectivity index (χ3n) is 2.79. The van der Waals surface area contributed by atoms with Gasteiger partial charge in [0.2, 0.25) is 0 Å². The van der Waals surface area contributed by atoms with E-state index in [1.54, 1.807) is 0 Å². The van der Waals surface area contributed by atoms with E-state index < -0.39 is 0 Å². The number of halogens is 1. The van der Waals surface area contributed by atoms with Crippen LogP contribution in [0.1, 0.15) is 33.6 Å². The van der Waals surface area contributed by atoms with Gasteiger partial charge >= 0.3 is 0 Å². The number of carbonyl (C=O) groups excluding carboxylic acids is 1. The van der Waals surface area contributed by atoms with Crippen LogP contribution in [0.2, 0.25) is 0 Å². The molecule has 0 aromatic heterocycles. The van der Waals surface area contributed by atoms with Gasteiger partial charge in [-0.25, -0.2) is 0 Å². The molecule has 2 heteroatoms. The fourth-order valence-electron chi connectivity index (χ4n) is 1.52. The number of Topliss-reactive ketones (excluding diaryl/α,β-unsaturated/α-hetero) is 1. The van der Waals surface area contributed by atoms with Crippen LogP contribution in [-0.2, 0) is 4.79 Å². The molecule has 0 bridgehead atoms. The lowest BCUT2D eigenvalue weighted by molar-refractivity contribution is -0.121. The summed E-state index contributed by atoms with van der Waals surface area (Å²) < 4.78 is 0. The van der Waals surface area contributed by atoms with Crippen LogP contribution in [0.5, 0.6) is 0 Å². The van der Waals surface area contributed by atoms with Crippen molar-refractivity contribution in [1.82, 2.24) is 0 Å². The highest BCUT2D eigenvalue weighted by Crippen LogP contribution is 2.27. The molecule has 0 radical (unpaired) electrons. The van der Waals surface area contributed by atoms with E-state index in [0.29, 0.717) is 12.8 Å². The first-order valence-electron chi connectivity index (χ1n) is 5.78. The Labute approximate surface area is 110 Å². The quantitative estimate of drug-likeness (QED) is 0.470. The molecular formula is C15H21ClO. The van der Waals surface area contributed by atoms with E-state index in [1.807, 2.05) is 32.9 Å². The number of rotatable bonds is 7. The zero-order chi connectivity index (χ0) is 13.4. The van der Waals surface area contributed by atoms with Gasteiger partial charge in [-0.3, -0.25) is 4.79 Å². The molecule has 0 fully saturated rings. The SMILES string of the molecule is C=C(C(=C)C(C/C=C\C)C(=O)CC)/C(C)=C/Cl. The van der Waals surface area contributed by atoms with Gasteiger partial charge < -0.3 is 0 Å². The van der Waals surface area contributed by atoms with Gasteiger partial charge in [0.05, 0.1) is 0 Å². The van der Waals surface area contributed by atoms with Crippen molar-refractivity contribution in [2.45, 2.75) is 33.6 Å². The molecule has 0 saturated carbocycles. The number of carbonyl (C=O) groups is 1. The summed E-state index contributed by atoms with van der Waals surface area (Å²) in [6.45, 7) is 13.6. The van der Waals surface area contributed by atoms with Crippen LogP contribution in [0.3, 0.4) is 0 Å². The highest BCUT2D eigenvalue weighted by molar-refractivity contribution is 6.26. The molecule has 0 aromatic carbocycles. The van der Waals surface area contributed by atoms with E-state index in [0.717, 1.165) is 16.7 Å². The Bertz CT molecular complexity index is 361. The lowest BCUT2D eigenvalue weighted by atomic mass is 9.85. The van der Waals surface area contributed by atoms with E-state index in [1.165, 1.54) is 5.54 Å². The second-order valence-electron chi connectivity index (χ2n) is 3.97. The summed E-state index contributed by atoms with van der Waals surface area (Å²) in [4.78, 5) is 11.9. The Morgan fingerprint density at radius 2 is 2.00 bits per heavy atom. The Kier molecular flexibility index (Phi) is 7.56. The fourth-order valence-corrected chi connectivity index (χ4v) is 1.65.